The average molecular weight is 331 g/mol. The molecule has 98 valence electrons. The summed E-state index contributed by atoms with van der Waals surface area (Å²) in [4.78, 5) is 11.3. The Morgan fingerprint density at radius 3 is 2.78 bits per heavy atom. The fourth-order valence-electron chi connectivity index (χ4n) is 2.52. The third-order valence-corrected chi connectivity index (χ3v) is 5.73. The number of rotatable bonds is 3. The highest BCUT2D eigenvalue weighted by Gasteiger charge is 2.31. The largest absolute Gasteiger partial charge is 0.303 e. The van der Waals surface area contributed by atoms with Crippen LogP contribution in [0.25, 0.3) is 0 Å². The Labute approximate surface area is 116 Å². The summed E-state index contributed by atoms with van der Waals surface area (Å²) in [6.45, 7) is 0. The number of hydrogen-bond acceptors (Lipinski definition) is 3. The minimum Gasteiger partial charge on any atom is -0.303 e. The van der Waals surface area contributed by atoms with E-state index in [9.17, 15) is 13.2 Å². The van der Waals surface area contributed by atoms with Crippen LogP contribution in [0.1, 0.15) is 24.3 Å². The van der Waals surface area contributed by atoms with Crippen LogP contribution in [-0.4, -0.2) is 26.2 Å². The van der Waals surface area contributed by atoms with Gasteiger partial charge in [0.25, 0.3) is 0 Å². The zero-order valence-corrected chi connectivity index (χ0v) is 12.3. The van der Waals surface area contributed by atoms with Crippen molar-refractivity contribution in [3.63, 3.8) is 0 Å². The normalized spacial score (nSPS) is 24.4. The number of sulfone groups is 1. The topological polar surface area (TPSA) is 51.2 Å². The number of aldehydes is 1. The standard InChI is InChI=1S/C13H15BrO3S/c14-12-5-1-3-10(7-12)13(8-15)11-4-2-6-18(16,17)9-11/h1,3,5,7-8,11,13H,2,4,6,9H2. The first-order chi connectivity index (χ1) is 8.52. The van der Waals surface area contributed by atoms with Crippen LogP contribution in [-0.2, 0) is 14.6 Å². The van der Waals surface area contributed by atoms with Crippen molar-refractivity contribution < 1.29 is 13.2 Å². The van der Waals surface area contributed by atoms with E-state index < -0.39 is 9.84 Å². The highest BCUT2D eigenvalue weighted by atomic mass is 79.9. The lowest BCUT2D eigenvalue weighted by Crippen LogP contribution is -2.30. The first kappa shape index (κ1) is 13.7. The Kier molecular flexibility index (Phi) is 4.22. The molecule has 0 aromatic heterocycles. The minimum atomic E-state index is -2.98. The van der Waals surface area contributed by atoms with Gasteiger partial charge in [-0.1, -0.05) is 28.1 Å². The maximum absolute atomic E-state index is 11.7. The minimum absolute atomic E-state index is 0.0875. The summed E-state index contributed by atoms with van der Waals surface area (Å²) in [5.41, 5.74) is 0.890. The Morgan fingerprint density at radius 1 is 1.39 bits per heavy atom. The van der Waals surface area contributed by atoms with E-state index in [4.69, 9.17) is 0 Å². The highest BCUT2D eigenvalue weighted by molar-refractivity contribution is 9.10. The molecule has 1 saturated heterocycles. The van der Waals surface area contributed by atoms with Crippen LogP contribution in [0.4, 0.5) is 0 Å². The molecule has 0 bridgehead atoms. The first-order valence-corrected chi connectivity index (χ1v) is 8.54. The predicted molar refractivity (Wildman–Crippen MR) is 74.3 cm³/mol. The lowest BCUT2D eigenvalue weighted by Gasteiger charge is -2.27. The van der Waals surface area contributed by atoms with E-state index in [1.165, 1.54) is 0 Å². The highest BCUT2D eigenvalue weighted by Crippen LogP contribution is 2.32. The molecule has 0 aliphatic carbocycles. The number of hydrogen-bond donors (Lipinski definition) is 0. The molecule has 1 aromatic rings. The van der Waals surface area contributed by atoms with Crippen molar-refractivity contribution in [1.82, 2.24) is 0 Å². The number of carbonyl (C=O) groups excluding carboxylic acids is 1. The molecule has 2 rings (SSSR count). The van der Waals surface area contributed by atoms with E-state index >= 15 is 0 Å². The molecule has 1 aliphatic heterocycles. The van der Waals surface area contributed by atoms with Crippen LogP contribution in [0.5, 0.6) is 0 Å². The van der Waals surface area contributed by atoms with Crippen LogP contribution in [0.2, 0.25) is 0 Å². The van der Waals surface area contributed by atoms with Gasteiger partial charge in [0.15, 0.2) is 9.84 Å². The molecule has 0 radical (unpaired) electrons. The van der Waals surface area contributed by atoms with Crippen molar-refractivity contribution in [2.24, 2.45) is 5.92 Å². The fourth-order valence-corrected chi connectivity index (χ4v) is 4.73. The monoisotopic (exact) mass is 330 g/mol. The molecule has 5 heteroatoms. The molecule has 3 nitrogen and oxygen atoms in total. The maximum atomic E-state index is 11.7. The average Bonchev–Trinajstić information content (AvgIpc) is 2.29. The van der Waals surface area contributed by atoms with Gasteiger partial charge in [-0.05, 0) is 36.5 Å². The van der Waals surface area contributed by atoms with Gasteiger partial charge in [-0.3, -0.25) is 0 Å². The second-order valence-electron chi connectivity index (χ2n) is 4.73. The van der Waals surface area contributed by atoms with E-state index in [2.05, 4.69) is 15.9 Å². The molecule has 1 fully saturated rings. The zero-order valence-electron chi connectivity index (χ0n) is 9.88. The quantitative estimate of drug-likeness (QED) is 0.800. The van der Waals surface area contributed by atoms with E-state index in [0.29, 0.717) is 6.42 Å². The summed E-state index contributed by atoms with van der Waals surface area (Å²) in [5, 5.41) is 0. The van der Waals surface area contributed by atoms with Gasteiger partial charge in [-0.15, -0.1) is 0 Å². The van der Waals surface area contributed by atoms with Crippen molar-refractivity contribution in [1.29, 1.82) is 0 Å². The first-order valence-electron chi connectivity index (χ1n) is 5.93. The Balaban J connectivity index is 2.26. The van der Waals surface area contributed by atoms with Crippen molar-refractivity contribution >= 4 is 32.1 Å². The van der Waals surface area contributed by atoms with Crippen molar-refractivity contribution in [2.45, 2.75) is 18.8 Å². The third-order valence-electron chi connectivity index (χ3n) is 3.39. The molecule has 0 N–H and O–H groups in total. The number of benzene rings is 1. The number of carbonyl (C=O) groups is 1. The lowest BCUT2D eigenvalue weighted by molar-refractivity contribution is -0.110. The van der Waals surface area contributed by atoms with Gasteiger partial charge < -0.3 is 4.79 Å². The summed E-state index contributed by atoms with van der Waals surface area (Å²) >= 11 is 3.37. The molecule has 1 heterocycles. The number of halogens is 1. The summed E-state index contributed by atoms with van der Waals surface area (Å²) in [5.74, 6) is -0.0237. The summed E-state index contributed by atoms with van der Waals surface area (Å²) < 4.78 is 24.2. The molecule has 2 atom stereocenters. The van der Waals surface area contributed by atoms with Gasteiger partial charge in [0.2, 0.25) is 0 Å². The van der Waals surface area contributed by atoms with Crippen LogP contribution >= 0.6 is 15.9 Å². The molecule has 0 amide bonds. The van der Waals surface area contributed by atoms with Gasteiger partial charge in [0.05, 0.1) is 11.5 Å². The van der Waals surface area contributed by atoms with Gasteiger partial charge in [-0.25, -0.2) is 8.42 Å². The Morgan fingerprint density at radius 2 is 2.17 bits per heavy atom. The predicted octanol–water partition coefficient (Wildman–Crippen LogP) is 2.56. The van der Waals surface area contributed by atoms with Crippen molar-refractivity contribution in [3.05, 3.63) is 34.3 Å². The molecular weight excluding hydrogens is 316 g/mol. The lowest BCUT2D eigenvalue weighted by atomic mass is 9.85. The molecular formula is C13H15BrO3S. The van der Waals surface area contributed by atoms with E-state index in [1.54, 1.807) is 0 Å². The van der Waals surface area contributed by atoms with Gasteiger partial charge >= 0.3 is 0 Å². The maximum Gasteiger partial charge on any atom is 0.150 e. The van der Waals surface area contributed by atoms with Gasteiger partial charge in [-0.2, -0.15) is 0 Å². The van der Waals surface area contributed by atoms with E-state index in [1.807, 2.05) is 24.3 Å². The van der Waals surface area contributed by atoms with Crippen LogP contribution in [0.15, 0.2) is 28.7 Å². The van der Waals surface area contributed by atoms with E-state index in [-0.39, 0.29) is 23.3 Å². The van der Waals surface area contributed by atoms with Crippen LogP contribution in [0, 0.1) is 5.92 Å². The van der Waals surface area contributed by atoms with Gasteiger partial charge in [0, 0.05) is 10.4 Å². The second kappa shape index (κ2) is 5.53. The van der Waals surface area contributed by atoms with Crippen LogP contribution < -0.4 is 0 Å². The third kappa shape index (κ3) is 3.20. The van der Waals surface area contributed by atoms with E-state index in [0.717, 1.165) is 22.7 Å². The van der Waals surface area contributed by atoms with Gasteiger partial charge in [0.1, 0.15) is 6.29 Å². The molecule has 0 spiro atoms. The fraction of sp³-hybridized carbons (Fsp3) is 0.462. The molecule has 0 saturated carbocycles. The SMILES string of the molecule is O=CC(c1cccc(Br)c1)C1CCCS(=O)(=O)C1. The molecule has 1 aromatic carbocycles. The molecule has 18 heavy (non-hydrogen) atoms. The Bertz CT molecular complexity index is 539. The zero-order chi connectivity index (χ0) is 13.2. The molecule has 2 unspecified atom stereocenters. The summed E-state index contributed by atoms with van der Waals surface area (Å²) in [7, 11) is -2.98. The summed E-state index contributed by atoms with van der Waals surface area (Å²) in [6, 6.07) is 7.53. The van der Waals surface area contributed by atoms with Crippen molar-refractivity contribution in [3.8, 4) is 0 Å². The molecule has 1 aliphatic rings. The van der Waals surface area contributed by atoms with Crippen LogP contribution in [0.3, 0.4) is 0 Å². The summed E-state index contributed by atoms with van der Waals surface area (Å²) in [6.07, 6.45) is 2.34. The van der Waals surface area contributed by atoms with Crippen molar-refractivity contribution in [2.75, 3.05) is 11.5 Å². The smallest absolute Gasteiger partial charge is 0.150 e. The Hall–Kier alpha value is -0.680. The second-order valence-corrected chi connectivity index (χ2v) is 7.88.